The van der Waals surface area contributed by atoms with Gasteiger partial charge in [-0.2, -0.15) is 0 Å². The summed E-state index contributed by atoms with van der Waals surface area (Å²) in [6.07, 6.45) is 0. The second-order valence-electron chi connectivity index (χ2n) is 3.06. The first-order valence-corrected chi connectivity index (χ1v) is 6.13. The van der Waals surface area contributed by atoms with E-state index in [0.717, 1.165) is 11.1 Å². The normalized spacial score (nSPS) is 10.3. The third-order valence-electron chi connectivity index (χ3n) is 1.99. The number of benzene rings is 2. The van der Waals surface area contributed by atoms with Crippen molar-refractivity contribution >= 4 is 45.8 Å². The quantitative estimate of drug-likeness (QED) is 0.632. The number of halogens is 3. The molecule has 0 heterocycles. The Kier molecular flexibility index (Phi) is 3.54. The molecule has 3 heteroatoms. The molecule has 0 aliphatic carbocycles. The molecule has 0 aromatic heterocycles. The maximum absolute atomic E-state index is 6.07. The van der Waals surface area contributed by atoms with E-state index in [9.17, 15) is 0 Å². The third kappa shape index (κ3) is 2.65. The zero-order valence-corrected chi connectivity index (χ0v) is 11.3. The summed E-state index contributed by atoms with van der Waals surface area (Å²) in [4.78, 5) is 0. The molecule has 2 aromatic rings. The molecule has 0 aliphatic heterocycles. The highest BCUT2D eigenvalue weighted by molar-refractivity contribution is 14.1. The van der Waals surface area contributed by atoms with Gasteiger partial charge in [-0.05, 0) is 52.4 Å². The van der Waals surface area contributed by atoms with Gasteiger partial charge in [-0.3, -0.25) is 0 Å². The zero-order chi connectivity index (χ0) is 10.8. The fraction of sp³-hybridized carbons (Fsp3) is 0. The van der Waals surface area contributed by atoms with E-state index in [4.69, 9.17) is 23.2 Å². The molecule has 0 saturated heterocycles. The van der Waals surface area contributed by atoms with E-state index in [0.29, 0.717) is 10.0 Å². The van der Waals surface area contributed by atoms with E-state index < -0.39 is 0 Å². The Morgan fingerprint density at radius 2 is 1.93 bits per heavy atom. The number of hydrogen-bond acceptors (Lipinski definition) is 0. The maximum Gasteiger partial charge on any atom is 0.0564 e. The first-order chi connectivity index (χ1) is 7.16. The fourth-order valence-corrected chi connectivity index (χ4v) is 2.24. The minimum atomic E-state index is 0.599. The van der Waals surface area contributed by atoms with E-state index in [2.05, 4.69) is 34.7 Å². The molecule has 0 spiro atoms. The Bertz CT molecular complexity index is 495. The summed E-state index contributed by atoms with van der Waals surface area (Å²) in [5.74, 6) is 0. The van der Waals surface area contributed by atoms with Crippen LogP contribution < -0.4 is 0 Å². The fourth-order valence-electron chi connectivity index (χ4n) is 1.32. The summed E-state index contributed by atoms with van der Waals surface area (Å²) in [5, 5.41) is 1.25. The summed E-state index contributed by atoms with van der Waals surface area (Å²) in [7, 11) is 0. The maximum atomic E-state index is 6.07. The van der Waals surface area contributed by atoms with Gasteiger partial charge in [0.25, 0.3) is 0 Å². The van der Waals surface area contributed by atoms with Crippen LogP contribution in [0.25, 0.3) is 11.1 Å². The monoisotopic (exact) mass is 347 g/mol. The molecule has 75 valence electrons. The predicted octanol–water partition coefficient (Wildman–Crippen LogP) is 5.07. The molecule has 2 rings (SSSR count). The van der Waals surface area contributed by atoms with Crippen LogP contribution in [-0.4, -0.2) is 0 Å². The Hall–Kier alpha value is -0.250. The van der Waals surface area contributed by atoms with Crippen molar-refractivity contribution in [1.82, 2.24) is 0 Å². The zero-order valence-electron chi connectivity index (χ0n) is 7.60. The van der Waals surface area contributed by atoms with Crippen LogP contribution in [0.1, 0.15) is 0 Å². The van der Waals surface area contributed by atoms with Crippen molar-refractivity contribution in [2.75, 3.05) is 0 Å². The molecular formula is C12H6Cl2I. The van der Waals surface area contributed by atoms with E-state index in [1.54, 1.807) is 6.07 Å². The average Bonchev–Trinajstić information content (AvgIpc) is 2.22. The van der Waals surface area contributed by atoms with Gasteiger partial charge < -0.3 is 0 Å². The van der Waals surface area contributed by atoms with Gasteiger partial charge in [-0.1, -0.05) is 35.3 Å². The lowest BCUT2D eigenvalue weighted by atomic mass is 10.1. The molecule has 0 fully saturated rings. The van der Waals surface area contributed by atoms with Crippen LogP contribution in [0, 0.1) is 9.64 Å². The van der Waals surface area contributed by atoms with Crippen LogP contribution in [-0.2, 0) is 0 Å². The first kappa shape index (κ1) is 11.2. The lowest BCUT2D eigenvalue weighted by Gasteiger charge is -2.05. The minimum absolute atomic E-state index is 0.599. The number of hydrogen-bond donors (Lipinski definition) is 0. The standard InChI is InChI=1S/C12H6Cl2I/c13-9-4-5-12(14)11(7-9)8-2-1-3-10(15)6-8/h1-4,6-7H. The van der Waals surface area contributed by atoms with E-state index >= 15 is 0 Å². The summed E-state index contributed by atoms with van der Waals surface area (Å²) < 4.78 is 1.17. The van der Waals surface area contributed by atoms with Crippen molar-refractivity contribution in [3.05, 3.63) is 56.1 Å². The molecule has 0 bridgehead atoms. The van der Waals surface area contributed by atoms with Crippen LogP contribution in [0.3, 0.4) is 0 Å². The topological polar surface area (TPSA) is 0 Å². The molecule has 0 nitrogen and oxygen atoms in total. The molecule has 0 unspecified atom stereocenters. The molecule has 0 atom stereocenters. The Labute approximate surface area is 112 Å². The molecule has 0 saturated carbocycles. The van der Waals surface area contributed by atoms with Gasteiger partial charge in [-0.15, -0.1) is 0 Å². The summed E-state index contributed by atoms with van der Waals surface area (Å²) in [6, 6.07) is 14.5. The lowest BCUT2D eigenvalue weighted by Crippen LogP contribution is -1.81. The van der Waals surface area contributed by atoms with Gasteiger partial charge in [0.15, 0.2) is 0 Å². The van der Waals surface area contributed by atoms with Crippen molar-refractivity contribution in [1.29, 1.82) is 0 Å². The summed E-state index contributed by atoms with van der Waals surface area (Å²) >= 11 is 14.2. The highest BCUT2D eigenvalue weighted by Crippen LogP contribution is 2.30. The number of rotatable bonds is 1. The van der Waals surface area contributed by atoms with Crippen LogP contribution in [0.5, 0.6) is 0 Å². The van der Waals surface area contributed by atoms with Crippen LogP contribution in [0.2, 0.25) is 10.0 Å². The molecule has 0 aliphatic rings. The van der Waals surface area contributed by atoms with Crippen LogP contribution in [0.4, 0.5) is 0 Å². The van der Waals surface area contributed by atoms with E-state index in [-0.39, 0.29) is 0 Å². The second-order valence-corrected chi connectivity index (χ2v) is 5.12. The minimum Gasteiger partial charge on any atom is -0.0843 e. The van der Waals surface area contributed by atoms with Crippen molar-refractivity contribution in [2.24, 2.45) is 0 Å². The summed E-state index contributed by atoms with van der Waals surface area (Å²) in [5.41, 5.74) is 1.98. The van der Waals surface area contributed by atoms with Gasteiger partial charge in [-0.25, -0.2) is 0 Å². The highest BCUT2D eigenvalue weighted by Gasteiger charge is 2.04. The highest BCUT2D eigenvalue weighted by atomic mass is 127. The van der Waals surface area contributed by atoms with Crippen molar-refractivity contribution < 1.29 is 0 Å². The van der Waals surface area contributed by atoms with Gasteiger partial charge in [0.2, 0.25) is 0 Å². The molecule has 0 N–H and O–H groups in total. The van der Waals surface area contributed by atoms with Gasteiger partial charge in [0.1, 0.15) is 0 Å². The lowest BCUT2D eigenvalue weighted by molar-refractivity contribution is 1.58. The van der Waals surface area contributed by atoms with E-state index in [1.807, 2.05) is 24.3 Å². The smallest absolute Gasteiger partial charge is 0.0564 e. The molecule has 1 radical (unpaired) electrons. The Morgan fingerprint density at radius 1 is 1.13 bits per heavy atom. The van der Waals surface area contributed by atoms with Gasteiger partial charge in [0, 0.05) is 20.2 Å². The predicted molar refractivity (Wildman–Crippen MR) is 73.5 cm³/mol. The van der Waals surface area contributed by atoms with Crippen molar-refractivity contribution in [3.63, 3.8) is 0 Å². The second kappa shape index (κ2) is 4.73. The first-order valence-electron chi connectivity index (χ1n) is 4.29. The van der Waals surface area contributed by atoms with E-state index in [1.165, 1.54) is 3.57 Å². The summed E-state index contributed by atoms with van der Waals surface area (Å²) in [6.45, 7) is 0. The molecule has 15 heavy (non-hydrogen) atoms. The Morgan fingerprint density at radius 3 is 2.67 bits per heavy atom. The van der Waals surface area contributed by atoms with Crippen molar-refractivity contribution in [2.45, 2.75) is 0 Å². The van der Waals surface area contributed by atoms with Crippen molar-refractivity contribution in [3.8, 4) is 11.1 Å². The molecular weight excluding hydrogens is 342 g/mol. The van der Waals surface area contributed by atoms with Gasteiger partial charge in [0.05, 0.1) is 5.02 Å². The average molecular weight is 348 g/mol. The molecule has 0 amide bonds. The SMILES string of the molecule is Clc1c[c]c(Cl)c(-c2cccc(I)c2)c1. The van der Waals surface area contributed by atoms with Crippen LogP contribution in [0.15, 0.2) is 36.4 Å². The third-order valence-corrected chi connectivity index (χ3v) is 3.19. The van der Waals surface area contributed by atoms with Gasteiger partial charge >= 0.3 is 0 Å². The van der Waals surface area contributed by atoms with Crippen LogP contribution >= 0.6 is 45.8 Å². The Balaban J connectivity index is 2.58. The largest absolute Gasteiger partial charge is 0.0843 e. The molecule has 2 aromatic carbocycles.